The Bertz CT molecular complexity index is 683. The number of rotatable bonds is 10. The van der Waals surface area contributed by atoms with Gasteiger partial charge in [0, 0.05) is 27.2 Å². The van der Waals surface area contributed by atoms with Gasteiger partial charge < -0.3 is 10.8 Å². The summed E-state index contributed by atoms with van der Waals surface area (Å²) in [5.41, 5.74) is 6.17. The number of carbonyl (C=O) groups is 1. The van der Waals surface area contributed by atoms with E-state index in [0.29, 0.717) is 6.42 Å². The lowest BCUT2D eigenvalue weighted by Gasteiger charge is -2.28. The van der Waals surface area contributed by atoms with Gasteiger partial charge in [0.25, 0.3) is 0 Å². The molecule has 144 valence electrons. The number of carboxylic acids is 1. The average Bonchev–Trinajstić information content (AvgIpc) is 2.58. The van der Waals surface area contributed by atoms with E-state index in [0.717, 1.165) is 27.8 Å². The van der Waals surface area contributed by atoms with Gasteiger partial charge in [0.15, 0.2) is 12.3 Å². The maximum Gasteiger partial charge on any atom is 0.313 e. The van der Waals surface area contributed by atoms with Gasteiger partial charge in [-0.1, -0.05) is 28.1 Å². The molecule has 0 spiro atoms. The van der Waals surface area contributed by atoms with Crippen LogP contribution in [0.4, 0.5) is 3.89 Å². The van der Waals surface area contributed by atoms with E-state index in [1.165, 1.54) is 12.4 Å². The molecule has 0 bridgehead atoms. The fourth-order valence-corrected chi connectivity index (χ4v) is 4.16. The summed E-state index contributed by atoms with van der Waals surface area (Å²) in [5, 5.41) is 9.76. The highest BCUT2D eigenvalue weighted by Gasteiger charge is 2.35. The van der Waals surface area contributed by atoms with Crippen molar-refractivity contribution < 1.29 is 13.8 Å². The molecule has 0 heterocycles. The summed E-state index contributed by atoms with van der Waals surface area (Å²) in [7, 11) is 0. The minimum atomic E-state index is -0.951. The second-order valence-electron chi connectivity index (χ2n) is 6.54. The van der Waals surface area contributed by atoms with Gasteiger partial charge in [-0.2, -0.15) is 16.2 Å². The second kappa shape index (κ2) is 10.4. The number of hydrogen-bond acceptors (Lipinski definition) is 5. The van der Waals surface area contributed by atoms with E-state index >= 15 is 0 Å². The van der Waals surface area contributed by atoms with Crippen LogP contribution in [0.25, 0.3) is 0 Å². The first-order valence-corrected chi connectivity index (χ1v) is 10.5. The first-order chi connectivity index (χ1) is 12.2. The van der Waals surface area contributed by atoms with E-state index < -0.39 is 11.4 Å². The predicted molar refractivity (Wildman–Crippen MR) is 114 cm³/mol. The molecule has 8 heteroatoms. The molecular formula is C18H24BrFN2O2S2. The van der Waals surface area contributed by atoms with Crippen molar-refractivity contribution in [2.75, 3.05) is 5.75 Å². The molecule has 1 atom stereocenters. The Morgan fingerprint density at radius 1 is 1.42 bits per heavy atom. The van der Waals surface area contributed by atoms with Crippen molar-refractivity contribution in [1.29, 1.82) is 0 Å². The zero-order valence-corrected chi connectivity index (χ0v) is 18.3. The van der Waals surface area contributed by atoms with Crippen LogP contribution in [0.2, 0.25) is 0 Å². The van der Waals surface area contributed by atoms with E-state index in [-0.39, 0.29) is 17.1 Å². The van der Waals surface area contributed by atoms with Crippen molar-refractivity contribution >= 4 is 52.2 Å². The molecule has 1 aromatic carbocycles. The van der Waals surface area contributed by atoms with Crippen LogP contribution in [0, 0.1) is 0 Å². The average molecular weight is 463 g/mol. The number of thioether (sulfide) groups is 1. The Morgan fingerprint density at radius 2 is 2.12 bits per heavy atom. The number of hydrogen-bond donors (Lipinski definition) is 2. The molecule has 1 unspecified atom stereocenters. The zero-order valence-electron chi connectivity index (χ0n) is 15.0. The Hall–Kier alpha value is -0.990. The number of nitrogens with two attached hydrogens (primary N) is 1. The van der Waals surface area contributed by atoms with Crippen LogP contribution in [0.15, 0.2) is 44.9 Å². The number of nitrogens with zero attached hydrogens (tertiary/aromatic N) is 1. The summed E-state index contributed by atoms with van der Waals surface area (Å²) in [6.07, 6.45) is 4.07. The Kier molecular flexibility index (Phi) is 9.19. The first-order valence-electron chi connectivity index (χ1n) is 8.04. The maximum atomic E-state index is 12.2. The monoisotopic (exact) mass is 462 g/mol. The highest BCUT2D eigenvalue weighted by Crippen LogP contribution is 2.35. The Morgan fingerprint density at radius 3 is 2.65 bits per heavy atom. The molecule has 0 radical (unpaired) electrons. The summed E-state index contributed by atoms with van der Waals surface area (Å²) in [6.45, 7) is 5.72. The summed E-state index contributed by atoms with van der Waals surface area (Å²) >= 11 is 4.93. The van der Waals surface area contributed by atoms with Crippen LogP contribution in [0.3, 0.4) is 0 Å². The molecule has 0 aromatic heterocycles. The quantitative estimate of drug-likeness (QED) is 0.271. The van der Waals surface area contributed by atoms with Crippen LogP contribution in [0.5, 0.6) is 0 Å². The van der Waals surface area contributed by atoms with Gasteiger partial charge >= 0.3 is 5.97 Å². The first kappa shape index (κ1) is 23.0. The van der Waals surface area contributed by atoms with E-state index in [2.05, 4.69) is 20.3 Å². The predicted octanol–water partition coefficient (Wildman–Crippen LogP) is 5.53. The lowest BCUT2D eigenvalue weighted by molar-refractivity contribution is -0.143. The number of benzene rings is 1. The zero-order chi connectivity index (χ0) is 19.8. The summed E-state index contributed by atoms with van der Waals surface area (Å²) < 4.78 is 16.2. The molecule has 26 heavy (non-hydrogen) atoms. The minimum Gasteiger partial charge on any atom is -0.481 e. The molecule has 0 amide bonds. The third-order valence-electron chi connectivity index (χ3n) is 4.32. The smallest absolute Gasteiger partial charge is 0.313 e. The highest BCUT2D eigenvalue weighted by molar-refractivity contribution is 9.10. The van der Waals surface area contributed by atoms with Crippen molar-refractivity contribution in [3.63, 3.8) is 0 Å². The van der Waals surface area contributed by atoms with Crippen molar-refractivity contribution in [2.24, 2.45) is 10.1 Å². The van der Waals surface area contributed by atoms with Crippen LogP contribution in [0.1, 0.15) is 39.2 Å². The fourth-order valence-electron chi connectivity index (χ4n) is 2.52. The molecule has 3 N–H and O–H groups in total. The SMILES string of the molecule is CC(C)(SCCCC(C)(C(=O)O)c1cccc(Br)c1)C(/C=N/SF)=C/N. The van der Waals surface area contributed by atoms with Gasteiger partial charge in [-0.3, -0.25) is 4.79 Å². The molecule has 1 aromatic rings. The third-order valence-corrected chi connectivity index (χ3v) is 6.45. The van der Waals surface area contributed by atoms with Crippen LogP contribution in [-0.2, 0) is 10.2 Å². The Balaban J connectivity index is 2.75. The van der Waals surface area contributed by atoms with Gasteiger partial charge in [-0.15, -0.1) is 3.89 Å². The summed E-state index contributed by atoms with van der Waals surface area (Å²) in [4.78, 5) is 11.9. The van der Waals surface area contributed by atoms with Gasteiger partial charge in [0.1, 0.15) is 0 Å². The second-order valence-corrected chi connectivity index (χ2v) is 9.52. The molecule has 0 aliphatic carbocycles. The highest BCUT2D eigenvalue weighted by atomic mass is 79.9. The topological polar surface area (TPSA) is 75.7 Å². The molecule has 4 nitrogen and oxygen atoms in total. The van der Waals surface area contributed by atoms with Crippen LogP contribution >= 0.6 is 40.0 Å². The molecular weight excluding hydrogens is 439 g/mol. The maximum absolute atomic E-state index is 12.2. The van der Waals surface area contributed by atoms with Gasteiger partial charge in [0.2, 0.25) is 0 Å². The van der Waals surface area contributed by atoms with E-state index in [1.54, 1.807) is 18.7 Å². The largest absolute Gasteiger partial charge is 0.481 e. The van der Waals surface area contributed by atoms with Crippen LogP contribution in [-0.4, -0.2) is 27.8 Å². The normalized spacial score (nSPS) is 15.2. The van der Waals surface area contributed by atoms with Crippen molar-refractivity contribution in [1.82, 2.24) is 0 Å². The standard InChI is InChI=1S/C18H24BrFN2O2S2/c1-17(2,14(11-21)12-22-26-20)25-9-5-8-18(3,16(23)24)13-6-4-7-15(19)10-13/h4,6-7,10-12H,5,8-9,21H2,1-3H3,(H,23,24)/b14-11+,22-12+. The number of aliphatic carboxylic acids is 1. The molecule has 0 saturated heterocycles. The van der Waals surface area contributed by atoms with E-state index in [9.17, 15) is 13.8 Å². The van der Waals surface area contributed by atoms with Crippen molar-refractivity contribution in [3.05, 3.63) is 46.1 Å². The third kappa shape index (κ3) is 6.32. The molecule has 0 aliphatic heterocycles. The van der Waals surface area contributed by atoms with Gasteiger partial charge in [0.05, 0.1) is 5.41 Å². The number of halogens is 2. The lowest BCUT2D eigenvalue weighted by atomic mass is 9.79. The van der Waals surface area contributed by atoms with Crippen molar-refractivity contribution in [3.8, 4) is 0 Å². The molecule has 0 aliphatic rings. The summed E-state index contributed by atoms with van der Waals surface area (Å²) in [5.74, 6) is -0.0906. The van der Waals surface area contributed by atoms with E-state index in [4.69, 9.17) is 5.73 Å². The van der Waals surface area contributed by atoms with Gasteiger partial charge in [-0.25, -0.2) is 0 Å². The van der Waals surface area contributed by atoms with Crippen molar-refractivity contribution in [2.45, 2.75) is 43.8 Å². The minimum absolute atomic E-state index is 0.110. The lowest BCUT2D eigenvalue weighted by Crippen LogP contribution is -2.32. The van der Waals surface area contributed by atoms with Crippen LogP contribution < -0.4 is 5.73 Å². The molecule has 0 saturated carbocycles. The van der Waals surface area contributed by atoms with Gasteiger partial charge in [-0.05, 0) is 57.1 Å². The Labute approximate surface area is 171 Å². The molecule has 1 rings (SSSR count). The van der Waals surface area contributed by atoms with E-state index in [1.807, 2.05) is 38.1 Å². The molecule has 0 fully saturated rings. The number of carboxylic acid groups (broad SMARTS) is 1. The fraction of sp³-hybridized carbons (Fsp3) is 0.444. The summed E-state index contributed by atoms with van der Waals surface area (Å²) in [6, 6.07) is 7.42.